The minimum atomic E-state index is -0.436. The van der Waals surface area contributed by atoms with Gasteiger partial charge in [0.25, 0.3) is 5.91 Å². The van der Waals surface area contributed by atoms with Crippen molar-refractivity contribution >= 4 is 5.91 Å². The van der Waals surface area contributed by atoms with Crippen LogP contribution in [0.2, 0.25) is 0 Å². The molecule has 0 N–H and O–H groups in total. The number of hydrogen-bond acceptors (Lipinski definition) is 3. The van der Waals surface area contributed by atoms with Gasteiger partial charge < -0.3 is 14.4 Å². The summed E-state index contributed by atoms with van der Waals surface area (Å²) in [6.07, 6.45) is 0.306. The zero-order chi connectivity index (χ0) is 13.4. The van der Waals surface area contributed by atoms with Crippen molar-refractivity contribution in [1.82, 2.24) is 4.90 Å². The number of methoxy groups -OCH3 is 2. The molecule has 18 heavy (non-hydrogen) atoms. The van der Waals surface area contributed by atoms with E-state index in [1.54, 1.807) is 19.1 Å². The van der Waals surface area contributed by atoms with Crippen molar-refractivity contribution in [3.63, 3.8) is 0 Å². The fourth-order valence-corrected chi connectivity index (χ4v) is 2.59. The fourth-order valence-electron chi connectivity index (χ4n) is 2.59. The summed E-state index contributed by atoms with van der Waals surface area (Å²) in [5.74, 6) is 0.775. The number of ether oxygens (including phenoxy) is 2. The van der Waals surface area contributed by atoms with Crippen LogP contribution in [0.15, 0.2) is 35.6 Å². The van der Waals surface area contributed by atoms with E-state index >= 15 is 0 Å². The number of amides is 1. The summed E-state index contributed by atoms with van der Waals surface area (Å²) in [6, 6.07) is -0.127. The summed E-state index contributed by atoms with van der Waals surface area (Å²) >= 11 is 0. The van der Waals surface area contributed by atoms with Crippen LogP contribution in [-0.2, 0) is 14.3 Å². The van der Waals surface area contributed by atoms with Crippen LogP contribution >= 0.6 is 0 Å². The highest BCUT2D eigenvalue weighted by molar-refractivity contribution is 5.90. The molecule has 0 unspecified atom stereocenters. The van der Waals surface area contributed by atoms with E-state index < -0.39 is 6.10 Å². The normalized spacial score (nSPS) is 32.6. The highest BCUT2D eigenvalue weighted by Crippen LogP contribution is 2.36. The SMILES string of the molecule is C=C1CCN2C(=O)[C@H](OC)[C@@H]2/C(OC)=C(/C)C1=C. The first-order valence-corrected chi connectivity index (χ1v) is 5.98. The lowest BCUT2D eigenvalue weighted by molar-refractivity contribution is -0.169. The molecule has 0 bridgehead atoms. The van der Waals surface area contributed by atoms with Gasteiger partial charge in [0.2, 0.25) is 0 Å². The molecule has 98 valence electrons. The van der Waals surface area contributed by atoms with Gasteiger partial charge in [0.15, 0.2) is 6.10 Å². The van der Waals surface area contributed by atoms with Crippen LogP contribution in [0.1, 0.15) is 13.3 Å². The second-order valence-electron chi connectivity index (χ2n) is 4.66. The van der Waals surface area contributed by atoms with Crippen molar-refractivity contribution in [3.05, 3.63) is 35.6 Å². The number of carbonyl (C=O) groups excluding carboxylic acids is 1. The van der Waals surface area contributed by atoms with Crippen molar-refractivity contribution in [3.8, 4) is 0 Å². The number of carbonyl (C=O) groups is 1. The molecule has 1 amide bonds. The number of allylic oxidation sites excluding steroid dienone is 2. The van der Waals surface area contributed by atoms with Crippen LogP contribution in [0.25, 0.3) is 0 Å². The largest absolute Gasteiger partial charge is 0.498 e. The van der Waals surface area contributed by atoms with Crippen LogP contribution in [0.5, 0.6) is 0 Å². The Kier molecular flexibility index (Phi) is 3.30. The Balaban J connectivity index is 2.44. The lowest BCUT2D eigenvalue weighted by Crippen LogP contribution is -2.66. The topological polar surface area (TPSA) is 38.8 Å². The summed E-state index contributed by atoms with van der Waals surface area (Å²) in [7, 11) is 3.17. The van der Waals surface area contributed by atoms with Crippen LogP contribution in [0.4, 0.5) is 0 Å². The van der Waals surface area contributed by atoms with Gasteiger partial charge in [-0.05, 0) is 30.1 Å². The van der Waals surface area contributed by atoms with E-state index in [0.29, 0.717) is 6.54 Å². The molecule has 0 radical (unpaired) electrons. The van der Waals surface area contributed by atoms with Crippen LogP contribution < -0.4 is 0 Å². The number of nitrogens with zero attached hydrogens (tertiary/aromatic N) is 1. The zero-order valence-corrected chi connectivity index (χ0v) is 11.2. The molecule has 4 nitrogen and oxygen atoms in total. The van der Waals surface area contributed by atoms with E-state index in [4.69, 9.17) is 9.47 Å². The Labute approximate surface area is 108 Å². The average Bonchev–Trinajstić information content (AvgIpc) is 2.36. The second kappa shape index (κ2) is 4.61. The summed E-state index contributed by atoms with van der Waals surface area (Å²) in [5.41, 5.74) is 2.81. The molecule has 0 saturated carbocycles. The summed E-state index contributed by atoms with van der Waals surface area (Å²) in [4.78, 5) is 13.7. The Morgan fingerprint density at radius 2 is 2.00 bits per heavy atom. The van der Waals surface area contributed by atoms with Gasteiger partial charge in [0.1, 0.15) is 11.8 Å². The molecule has 1 saturated heterocycles. The van der Waals surface area contributed by atoms with Gasteiger partial charge >= 0.3 is 0 Å². The Morgan fingerprint density at radius 1 is 1.33 bits per heavy atom. The molecule has 2 heterocycles. The average molecular weight is 249 g/mol. The lowest BCUT2D eigenvalue weighted by atomic mass is 9.86. The second-order valence-corrected chi connectivity index (χ2v) is 4.66. The first-order valence-electron chi connectivity index (χ1n) is 5.98. The van der Waals surface area contributed by atoms with E-state index in [-0.39, 0.29) is 11.9 Å². The molecule has 2 aliphatic rings. The molecular formula is C14H19NO3. The van der Waals surface area contributed by atoms with E-state index in [0.717, 1.165) is 28.9 Å². The fraction of sp³-hybridized carbons (Fsp3) is 0.500. The maximum absolute atomic E-state index is 11.9. The predicted octanol–water partition coefficient (Wildman–Crippen LogP) is 1.65. The maximum Gasteiger partial charge on any atom is 0.255 e. The Morgan fingerprint density at radius 3 is 2.56 bits per heavy atom. The molecule has 2 atom stereocenters. The molecular weight excluding hydrogens is 230 g/mol. The highest BCUT2D eigenvalue weighted by atomic mass is 16.5. The van der Waals surface area contributed by atoms with Gasteiger partial charge in [0.05, 0.1) is 7.11 Å². The first kappa shape index (κ1) is 12.9. The van der Waals surface area contributed by atoms with Crippen LogP contribution in [0, 0.1) is 0 Å². The van der Waals surface area contributed by atoms with Crippen molar-refractivity contribution in [2.45, 2.75) is 25.5 Å². The summed E-state index contributed by atoms with van der Waals surface area (Å²) < 4.78 is 10.7. The van der Waals surface area contributed by atoms with Crippen LogP contribution in [0.3, 0.4) is 0 Å². The third kappa shape index (κ3) is 1.68. The number of rotatable bonds is 2. The Bertz CT molecular complexity index is 450. The Hall–Kier alpha value is -1.55. The molecule has 2 aliphatic heterocycles. The predicted molar refractivity (Wildman–Crippen MR) is 68.9 cm³/mol. The first-order chi connectivity index (χ1) is 8.52. The number of β-lactam (4-membered cyclic amide) rings is 1. The highest BCUT2D eigenvalue weighted by Gasteiger charge is 2.51. The molecule has 0 aromatic rings. The number of hydrogen-bond donors (Lipinski definition) is 0. The van der Waals surface area contributed by atoms with Crippen molar-refractivity contribution in [1.29, 1.82) is 0 Å². The smallest absolute Gasteiger partial charge is 0.255 e. The monoisotopic (exact) mass is 249 g/mol. The summed E-state index contributed by atoms with van der Waals surface area (Å²) in [5, 5.41) is 0. The lowest BCUT2D eigenvalue weighted by Gasteiger charge is -2.48. The van der Waals surface area contributed by atoms with Crippen molar-refractivity contribution < 1.29 is 14.3 Å². The molecule has 0 aromatic carbocycles. The molecule has 0 spiro atoms. The van der Waals surface area contributed by atoms with E-state index in [9.17, 15) is 4.79 Å². The van der Waals surface area contributed by atoms with Crippen molar-refractivity contribution in [2.24, 2.45) is 0 Å². The van der Waals surface area contributed by atoms with Gasteiger partial charge in [-0.1, -0.05) is 13.2 Å². The number of fused-ring (bicyclic) bond motifs is 1. The summed E-state index contributed by atoms with van der Waals surface area (Å²) in [6.45, 7) is 10.6. The van der Waals surface area contributed by atoms with E-state index in [1.807, 2.05) is 6.92 Å². The van der Waals surface area contributed by atoms with Gasteiger partial charge in [0, 0.05) is 13.7 Å². The standard InChI is InChI=1S/C14H19NO3/c1-8-6-7-15-11(13(18-5)14(15)16)12(17-4)10(3)9(8)2/h11,13H,1-2,6-7H2,3-5H3/b12-10+/t11-,13+/m0/s1. The molecule has 1 fully saturated rings. The van der Waals surface area contributed by atoms with Crippen molar-refractivity contribution in [2.75, 3.05) is 20.8 Å². The molecule has 4 heteroatoms. The minimum absolute atomic E-state index is 0.0187. The molecule has 0 aromatic heterocycles. The third-order valence-electron chi connectivity index (χ3n) is 3.80. The third-order valence-corrected chi connectivity index (χ3v) is 3.80. The van der Waals surface area contributed by atoms with E-state index in [2.05, 4.69) is 13.2 Å². The minimum Gasteiger partial charge on any atom is -0.498 e. The maximum atomic E-state index is 11.9. The molecule has 0 aliphatic carbocycles. The van der Waals surface area contributed by atoms with Gasteiger partial charge in [-0.3, -0.25) is 4.79 Å². The molecule has 2 rings (SSSR count). The van der Waals surface area contributed by atoms with E-state index in [1.165, 1.54) is 0 Å². The quantitative estimate of drug-likeness (QED) is 0.698. The van der Waals surface area contributed by atoms with Crippen LogP contribution in [-0.4, -0.2) is 43.7 Å². The zero-order valence-electron chi connectivity index (χ0n) is 11.2. The van der Waals surface area contributed by atoms with Gasteiger partial charge in [-0.15, -0.1) is 0 Å². The van der Waals surface area contributed by atoms with Gasteiger partial charge in [-0.2, -0.15) is 0 Å². The van der Waals surface area contributed by atoms with Gasteiger partial charge in [-0.25, -0.2) is 0 Å².